The Bertz CT molecular complexity index is 186. The van der Waals surface area contributed by atoms with E-state index in [4.69, 9.17) is 5.11 Å². The Hall–Kier alpha value is -1.06. The van der Waals surface area contributed by atoms with Crippen LogP contribution in [0.25, 0.3) is 0 Å². The highest BCUT2D eigenvalue weighted by Crippen LogP contribution is 2.30. The highest BCUT2D eigenvalue weighted by Gasteiger charge is 2.33. The first kappa shape index (κ1) is 8.04. The van der Waals surface area contributed by atoms with Gasteiger partial charge in [-0.05, 0) is 19.8 Å². The molecule has 2 N–H and O–H groups in total. The van der Waals surface area contributed by atoms with Crippen LogP contribution >= 0.6 is 0 Å². The lowest BCUT2D eigenvalue weighted by molar-refractivity contribution is -0.121. The molecular weight excluding hydrogens is 146 g/mol. The number of amides is 1. The van der Waals surface area contributed by atoms with Crippen LogP contribution in [-0.4, -0.2) is 23.0 Å². The van der Waals surface area contributed by atoms with E-state index in [9.17, 15) is 9.59 Å². The summed E-state index contributed by atoms with van der Waals surface area (Å²) >= 11 is 0. The number of carboxylic acid groups (broad SMARTS) is 1. The fraction of sp³-hybridized carbons (Fsp3) is 0.714. The van der Waals surface area contributed by atoms with Gasteiger partial charge in [0.2, 0.25) is 0 Å². The van der Waals surface area contributed by atoms with Crippen molar-refractivity contribution in [1.82, 2.24) is 5.32 Å². The third-order valence-corrected chi connectivity index (χ3v) is 1.75. The average molecular weight is 157 g/mol. The van der Waals surface area contributed by atoms with Crippen LogP contribution in [0.1, 0.15) is 19.8 Å². The Morgan fingerprint density at radius 1 is 1.55 bits per heavy atom. The van der Waals surface area contributed by atoms with E-state index >= 15 is 0 Å². The van der Waals surface area contributed by atoms with E-state index in [0.29, 0.717) is 0 Å². The van der Waals surface area contributed by atoms with Gasteiger partial charge in [-0.15, -0.1) is 0 Å². The first-order valence-corrected chi connectivity index (χ1v) is 3.64. The minimum atomic E-state index is -1.13. The van der Waals surface area contributed by atoms with Gasteiger partial charge in [-0.3, -0.25) is 4.79 Å². The van der Waals surface area contributed by atoms with E-state index in [-0.39, 0.29) is 11.7 Å². The summed E-state index contributed by atoms with van der Waals surface area (Å²) in [5, 5.41) is 10.4. The SMILES string of the molecule is C[C@@H](NC(=O)O)C(=O)C1CC1. The van der Waals surface area contributed by atoms with E-state index in [1.165, 1.54) is 0 Å². The number of hydrogen-bond donors (Lipinski definition) is 2. The topological polar surface area (TPSA) is 66.4 Å². The lowest BCUT2D eigenvalue weighted by atomic mass is 10.1. The van der Waals surface area contributed by atoms with Crippen LogP contribution in [0.2, 0.25) is 0 Å². The number of nitrogens with one attached hydrogen (secondary N) is 1. The quantitative estimate of drug-likeness (QED) is 0.631. The molecule has 1 saturated carbocycles. The summed E-state index contributed by atoms with van der Waals surface area (Å²) in [5.41, 5.74) is 0. The van der Waals surface area contributed by atoms with Gasteiger partial charge in [0.05, 0.1) is 6.04 Å². The summed E-state index contributed by atoms with van der Waals surface area (Å²) in [5.74, 6) is 0.143. The van der Waals surface area contributed by atoms with Crippen LogP contribution in [0.15, 0.2) is 0 Å². The number of carbonyl (C=O) groups is 2. The minimum Gasteiger partial charge on any atom is -0.465 e. The zero-order valence-corrected chi connectivity index (χ0v) is 6.33. The first-order valence-electron chi connectivity index (χ1n) is 3.64. The Morgan fingerprint density at radius 3 is 2.45 bits per heavy atom. The molecule has 0 heterocycles. The molecule has 1 atom stereocenters. The molecule has 1 amide bonds. The molecule has 0 aromatic heterocycles. The van der Waals surface area contributed by atoms with Gasteiger partial charge >= 0.3 is 6.09 Å². The van der Waals surface area contributed by atoms with Gasteiger partial charge in [-0.1, -0.05) is 0 Å². The van der Waals surface area contributed by atoms with E-state index in [0.717, 1.165) is 12.8 Å². The predicted molar refractivity (Wildman–Crippen MR) is 38.4 cm³/mol. The fourth-order valence-corrected chi connectivity index (χ4v) is 0.978. The number of rotatable bonds is 3. The summed E-state index contributed by atoms with van der Waals surface area (Å²) in [6, 6.07) is -0.542. The monoisotopic (exact) mass is 157 g/mol. The maximum atomic E-state index is 11.1. The number of Topliss-reactive ketones (excluding diaryl/α,β-unsaturated/α-hetero) is 1. The molecule has 1 aliphatic carbocycles. The van der Waals surface area contributed by atoms with Gasteiger partial charge in [-0.2, -0.15) is 0 Å². The minimum absolute atomic E-state index is 0.0207. The molecule has 4 heteroatoms. The second kappa shape index (κ2) is 2.90. The molecule has 0 radical (unpaired) electrons. The molecule has 4 nitrogen and oxygen atoms in total. The summed E-state index contributed by atoms with van der Waals surface area (Å²) in [7, 11) is 0. The standard InChI is InChI=1S/C7H11NO3/c1-4(8-7(10)11)6(9)5-2-3-5/h4-5,8H,2-3H2,1H3,(H,10,11)/t4-/m1/s1. The predicted octanol–water partition coefficient (Wildman–Crippen LogP) is 0.622. The third-order valence-electron chi connectivity index (χ3n) is 1.75. The average Bonchev–Trinajstić information content (AvgIpc) is 2.65. The van der Waals surface area contributed by atoms with Crippen molar-refractivity contribution in [2.45, 2.75) is 25.8 Å². The van der Waals surface area contributed by atoms with Crippen molar-refractivity contribution in [3.05, 3.63) is 0 Å². The third kappa shape index (κ3) is 2.22. The molecule has 0 unspecified atom stereocenters. The van der Waals surface area contributed by atoms with Crippen molar-refractivity contribution >= 4 is 11.9 Å². The Labute approximate surface area is 64.6 Å². The maximum Gasteiger partial charge on any atom is 0.405 e. The zero-order valence-electron chi connectivity index (χ0n) is 6.33. The largest absolute Gasteiger partial charge is 0.465 e. The van der Waals surface area contributed by atoms with Crippen LogP contribution in [0.3, 0.4) is 0 Å². The lowest BCUT2D eigenvalue weighted by Crippen LogP contribution is -2.38. The van der Waals surface area contributed by atoms with Crippen molar-refractivity contribution in [3.63, 3.8) is 0 Å². The summed E-state index contributed by atoms with van der Waals surface area (Å²) in [6.07, 6.45) is 0.709. The van der Waals surface area contributed by atoms with Gasteiger partial charge in [0, 0.05) is 5.92 Å². The normalized spacial score (nSPS) is 19.0. The Kier molecular flexibility index (Phi) is 2.12. The van der Waals surface area contributed by atoms with Gasteiger partial charge in [0.1, 0.15) is 0 Å². The van der Waals surface area contributed by atoms with Crippen molar-refractivity contribution in [2.75, 3.05) is 0 Å². The van der Waals surface area contributed by atoms with Crippen LogP contribution in [0.4, 0.5) is 4.79 Å². The molecule has 0 aliphatic heterocycles. The molecular formula is C7H11NO3. The van der Waals surface area contributed by atoms with Crippen molar-refractivity contribution < 1.29 is 14.7 Å². The highest BCUT2D eigenvalue weighted by molar-refractivity contribution is 5.90. The van der Waals surface area contributed by atoms with Gasteiger partial charge in [0.25, 0.3) is 0 Å². The molecule has 1 rings (SSSR count). The first-order chi connectivity index (χ1) is 5.11. The van der Waals surface area contributed by atoms with E-state index in [1.807, 2.05) is 0 Å². The van der Waals surface area contributed by atoms with Gasteiger partial charge in [-0.25, -0.2) is 4.79 Å². The molecule has 0 aromatic rings. The molecule has 11 heavy (non-hydrogen) atoms. The molecule has 0 saturated heterocycles. The number of carbonyl (C=O) groups excluding carboxylic acids is 1. The van der Waals surface area contributed by atoms with E-state index < -0.39 is 12.1 Å². The second-order valence-electron chi connectivity index (χ2n) is 2.85. The van der Waals surface area contributed by atoms with Gasteiger partial charge < -0.3 is 10.4 Å². The zero-order chi connectivity index (χ0) is 8.43. The summed E-state index contributed by atoms with van der Waals surface area (Å²) in [4.78, 5) is 21.2. The molecule has 1 aliphatic rings. The van der Waals surface area contributed by atoms with Crippen LogP contribution in [0.5, 0.6) is 0 Å². The maximum absolute atomic E-state index is 11.1. The molecule has 0 aromatic carbocycles. The molecule has 1 fully saturated rings. The summed E-state index contributed by atoms with van der Waals surface area (Å²) in [6.45, 7) is 1.58. The number of hydrogen-bond acceptors (Lipinski definition) is 2. The molecule has 62 valence electrons. The van der Waals surface area contributed by atoms with E-state index in [1.54, 1.807) is 6.92 Å². The number of ketones is 1. The second-order valence-corrected chi connectivity index (χ2v) is 2.85. The lowest BCUT2D eigenvalue weighted by Gasteiger charge is -2.08. The van der Waals surface area contributed by atoms with Crippen molar-refractivity contribution in [2.24, 2.45) is 5.92 Å². The molecule has 0 bridgehead atoms. The highest BCUT2D eigenvalue weighted by atomic mass is 16.4. The van der Waals surface area contributed by atoms with Crippen LogP contribution < -0.4 is 5.32 Å². The van der Waals surface area contributed by atoms with Crippen molar-refractivity contribution in [1.29, 1.82) is 0 Å². The van der Waals surface area contributed by atoms with Gasteiger partial charge in [0.15, 0.2) is 5.78 Å². The summed E-state index contributed by atoms with van der Waals surface area (Å²) < 4.78 is 0. The van der Waals surface area contributed by atoms with E-state index in [2.05, 4.69) is 5.32 Å². The fourth-order valence-electron chi connectivity index (χ4n) is 0.978. The van der Waals surface area contributed by atoms with Crippen LogP contribution in [-0.2, 0) is 4.79 Å². The van der Waals surface area contributed by atoms with Crippen LogP contribution in [0, 0.1) is 5.92 Å². The molecule has 0 spiro atoms. The Balaban J connectivity index is 2.33. The Morgan fingerprint density at radius 2 is 2.09 bits per heavy atom. The smallest absolute Gasteiger partial charge is 0.405 e. The van der Waals surface area contributed by atoms with Crippen molar-refractivity contribution in [3.8, 4) is 0 Å².